The third-order valence-electron chi connectivity index (χ3n) is 5.14. The molecule has 34 heavy (non-hydrogen) atoms. The first-order valence-corrected chi connectivity index (χ1v) is 12.0. The summed E-state index contributed by atoms with van der Waals surface area (Å²) in [5.41, 5.74) is 1.99. The number of methoxy groups -OCH3 is 2. The highest BCUT2D eigenvalue weighted by Crippen LogP contribution is 2.44. The maximum atomic E-state index is 13.0. The van der Waals surface area contributed by atoms with Gasteiger partial charge in [0.25, 0.3) is 0 Å². The fourth-order valence-corrected chi connectivity index (χ4v) is 4.98. The Morgan fingerprint density at radius 3 is 2.56 bits per heavy atom. The first-order valence-electron chi connectivity index (χ1n) is 10.1. The van der Waals surface area contributed by atoms with Crippen molar-refractivity contribution in [2.75, 3.05) is 26.6 Å². The van der Waals surface area contributed by atoms with Crippen molar-refractivity contribution in [2.45, 2.75) is 25.1 Å². The number of tetrazole rings is 1. The zero-order valence-electron chi connectivity index (χ0n) is 18.7. The smallest absolute Gasteiger partial charge is 0.336 e. The molecule has 0 saturated heterocycles. The van der Waals surface area contributed by atoms with E-state index in [1.165, 1.54) is 30.7 Å². The van der Waals surface area contributed by atoms with Gasteiger partial charge in [0.1, 0.15) is 0 Å². The molecule has 1 atom stereocenters. The molecule has 0 spiro atoms. The van der Waals surface area contributed by atoms with Crippen LogP contribution >= 0.6 is 35.0 Å². The molecule has 0 bridgehead atoms. The predicted octanol–water partition coefficient (Wildman–Crippen LogP) is 2.47. The standard InChI is InChI=1S/C21H23Cl2N5O5S/c1-11-16(20(30)32-2)17(12-5-4-6-13(22)19(12)23)18(21(31)33-3)14(24-11)9-34-10-15-25-26-27-28(15)7-8-29/h4-6,17,24,29H,7-10H2,1-3H3. The maximum absolute atomic E-state index is 13.0. The summed E-state index contributed by atoms with van der Waals surface area (Å²) in [4.78, 5) is 25.8. The lowest BCUT2D eigenvalue weighted by Crippen LogP contribution is -2.33. The zero-order valence-corrected chi connectivity index (χ0v) is 21.0. The normalized spacial score (nSPS) is 15.9. The second-order valence-corrected chi connectivity index (χ2v) is 8.92. The van der Waals surface area contributed by atoms with Crippen LogP contribution < -0.4 is 5.32 Å². The van der Waals surface area contributed by atoms with E-state index in [9.17, 15) is 9.59 Å². The number of hydrogen-bond acceptors (Lipinski definition) is 10. The van der Waals surface area contributed by atoms with Crippen LogP contribution in [0, 0.1) is 0 Å². The summed E-state index contributed by atoms with van der Waals surface area (Å²) in [6.45, 7) is 1.90. The van der Waals surface area contributed by atoms with Crippen LogP contribution in [0.25, 0.3) is 0 Å². The summed E-state index contributed by atoms with van der Waals surface area (Å²) in [7, 11) is 2.53. The first-order chi connectivity index (χ1) is 16.3. The van der Waals surface area contributed by atoms with Gasteiger partial charge in [-0.15, -0.1) is 16.9 Å². The molecular weight excluding hydrogens is 505 g/mol. The second-order valence-electron chi connectivity index (χ2n) is 7.15. The highest BCUT2D eigenvalue weighted by atomic mass is 35.5. The Bertz CT molecular complexity index is 1150. The topological polar surface area (TPSA) is 128 Å². The first kappa shape index (κ1) is 26.0. The molecule has 1 aromatic heterocycles. The molecule has 10 nitrogen and oxygen atoms in total. The molecule has 0 saturated carbocycles. The van der Waals surface area contributed by atoms with E-state index in [0.29, 0.717) is 34.3 Å². The minimum atomic E-state index is -0.859. The van der Waals surface area contributed by atoms with E-state index in [-0.39, 0.29) is 34.3 Å². The Balaban J connectivity index is 2.04. The quantitative estimate of drug-likeness (QED) is 0.469. The molecule has 2 aromatic rings. The van der Waals surface area contributed by atoms with Gasteiger partial charge in [-0.2, -0.15) is 0 Å². The SMILES string of the molecule is COC(=O)C1=C(C)NC(CSCc2nnnn2CCO)=C(C(=O)OC)C1c1cccc(Cl)c1Cl. The van der Waals surface area contributed by atoms with Crippen molar-refractivity contribution in [1.29, 1.82) is 0 Å². The van der Waals surface area contributed by atoms with Gasteiger partial charge >= 0.3 is 11.9 Å². The van der Waals surface area contributed by atoms with Gasteiger partial charge in [-0.1, -0.05) is 35.3 Å². The van der Waals surface area contributed by atoms with Crippen LogP contribution in [0.2, 0.25) is 10.0 Å². The van der Waals surface area contributed by atoms with E-state index < -0.39 is 17.9 Å². The van der Waals surface area contributed by atoms with Gasteiger partial charge in [-0.25, -0.2) is 14.3 Å². The number of benzene rings is 1. The number of dihydropyridines is 1. The molecule has 2 heterocycles. The third-order valence-corrected chi connectivity index (χ3v) is 6.93. The number of thioether (sulfide) groups is 1. The van der Waals surface area contributed by atoms with Gasteiger partial charge in [0.05, 0.1) is 60.2 Å². The third kappa shape index (κ3) is 5.38. The summed E-state index contributed by atoms with van der Waals surface area (Å²) >= 11 is 14.2. The van der Waals surface area contributed by atoms with Crippen LogP contribution in [0.15, 0.2) is 40.7 Å². The minimum Gasteiger partial charge on any atom is -0.466 e. The van der Waals surface area contributed by atoms with Gasteiger partial charge < -0.3 is 19.9 Å². The maximum Gasteiger partial charge on any atom is 0.336 e. The van der Waals surface area contributed by atoms with Gasteiger partial charge in [0.2, 0.25) is 0 Å². The molecule has 2 N–H and O–H groups in total. The van der Waals surface area contributed by atoms with E-state index in [4.69, 9.17) is 37.8 Å². The molecule has 0 radical (unpaired) electrons. The number of carbonyl (C=O) groups is 2. The lowest BCUT2D eigenvalue weighted by molar-refractivity contribution is -0.137. The van der Waals surface area contributed by atoms with E-state index >= 15 is 0 Å². The predicted molar refractivity (Wildman–Crippen MR) is 127 cm³/mol. The minimum absolute atomic E-state index is 0.0930. The van der Waals surface area contributed by atoms with Crippen LogP contribution in [-0.4, -0.2) is 63.8 Å². The summed E-state index contributed by atoms with van der Waals surface area (Å²) in [5.74, 6) is -0.751. The average molecular weight is 528 g/mol. The Morgan fingerprint density at radius 2 is 1.88 bits per heavy atom. The number of esters is 2. The molecule has 1 aliphatic heterocycles. The molecule has 0 aliphatic carbocycles. The van der Waals surface area contributed by atoms with E-state index in [0.717, 1.165) is 0 Å². The van der Waals surface area contributed by atoms with Crippen molar-refractivity contribution < 1.29 is 24.2 Å². The van der Waals surface area contributed by atoms with Gasteiger partial charge in [0, 0.05) is 17.1 Å². The zero-order chi connectivity index (χ0) is 24.8. The van der Waals surface area contributed by atoms with Crippen LogP contribution in [0.5, 0.6) is 0 Å². The van der Waals surface area contributed by atoms with Crippen molar-refractivity contribution >= 4 is 46.9 Å². The van der Waals surface area contributed by atoms with E-state index in [2.05, 4.69) is 20.8 Å². The van der Waals surface area contributed by atoms with Crippen LogP contribution in [0.1, 0.15) is 24.2 Å². The van der Waals surface area contributed by atoms with Crippen LogP contribution in [0.4, 0.5) is 0 Å². The number of halogens is 2. The average Bonchev–Trinajstić information content (AvgIpc) is 3.26. The molecule has 1 aliphatic rings. The lowest BCUT2D eigenvalue weighted by atomic mass is 9.80. The number of aliphatic hydroxyl groups is 1. The van der Waals surface area contributed by atoms with E-state index in [1.54, 1.807) is 25.1 Å². The molecule has 182 valence electrons. The summed E-state index contributed by atoms with van der Waals surface area (Å²) in [6, 6.07) is 5.02. The number of ether oxygens (including phenoxy) is 2. The highest BCUT2D eigenvalue weighted by molar-refractivity contribution is 7.98. The largest absolute Gasteiger partial charge is 0.466 e. The van der Waals surface area contributed by atoms with E-state index in [1.807, 2.05) is 0 Å². The Hall–Kier alpha value is -2.60. The van der Waals surface area contributed by atoms with Crippen molar-refractivity contribution in [2.24, 2.45) is 0 Å². The summed E-state index contributed by atoms with van der Waals surface area (Å²) in [6.07, 6.45) is 0. The number of nitrogens with one attached hydrogen (secondary N) is 1. The van der Waals surface area contributed by atoms with Crippen LogP contribution in [-0.2, 0) is 31.4 Å². The Labute approximate surface area is 210 Å². The number of aliphatic hydroxyl groups excluding tert-OH is 1. The number of rotatable bonds is 9. The van der Waals surface area contributed by atoms with Crippen LogP contribution in [0.3, 0.4) is 0 Å². The van der Waals surface area contributed by atoms with Crippen molar-refractivity contribution in [3.05, 3.63) is 62.2 Å². The van der Waals surface area contributed by atoms with Crippen molar-refractivity contribution in [1.82, 2.24) is 25.5 Å². The monoisotopic (exact) mass is 527 g/mol. The Morgan fingerprint density at radius 1 is 1.18 bits per heavy atom. The fraction of sp³-hybridized carbons (Fsp3) is 0.381. The number of hydrogen-bond donors (Lipinski definition) is 2. The highest BCUT2D eigenvalue weighted by Gasteiger charge is 2.39. The second kappa shape index (κ2) is 11.7. The van der Waals surface area contributed by atoms with Crippen molar-refractivity contribution in [3.8, 4) is 0 Å². The molecule has 1 aromatic carbocycles. The summed E-state index contributed by atoms with van der Waals surface area (Å²) < 4.78 is 11.6. The Kier molecular flexibility index (Phi) is 8.95. The molecule has 1 unspecified atom stereocenters. The number of allylic oxidation sites excluding steroid dienone is 1. The summed E-state index contributed by atoms with van der Waals surface area (Å²) in [5, 5.41) is 24.3. The molecule has 3 rings (SSSR count). The van der Waals surface area contributed by atoms with Gasteiger partial charge in [0.15, 0.2) is 5.82 Å². The molecular formula is C21H23Cl2N5O5S. The molecule has 13 heteroatoms. The number of nitrogens with zero attached hydrogens (tertiary/aromatic N) is 4. The lowest BCUT2D eigenvalue weighted by Gasteiger charge is -2.31. The fourth-order valence-electron chi connectivity index (χ4n) is 3.64. The number of aromatic nitrogens is 4. The molecule has 0 amide bonds. The number of carbonyl (C=O) groups excluding carboxylic acids is 2. The van der Waals surface area contributed by atoms with Crippen molar-refractivity contribution in [3.63, 3.8) is 0 Å². The van der Waals surface area contributed by atoms with Gasteiger partial charge in [-0.05, 0) is 29.0 Å². The molecule has 0 fully saturated rings. The van der Waals surface area contributed by atoms with Gasteiger partial charge in [-0.3, -0.25) is 0 Å².